The Kier molecular flexibility index (Phi) is 8.33. The zero-order valence-corrected chi connectivity index (χ0v) is 21.6. The second-order valence-electron chi connectivity index (χ2n) is 8.95. The molecule has 3 aromatic carbocycles. The number of hydrogen-bond acceptors (Lipinski definition) is 7. The van der Waals surface area contributed by atoms with Gasteiger partial charge in [-0.1, -0.05) is 35.9 Å². The molecule has 3 aromatic rings. The van der Waals surface area contributed by atoms with Crippen molar-refractivity contribution in [2.24, 2.45) is 0 Å². The molecule has 0 bridgehead atoms. The maximum absolute atomic E-state index is 13.2. The summed E-state index contributed by atoms with van der Waals surface area (Å²) in [6.07, 6.45) is 0. The number of aliphatic hydroxyl groups excluding tert-OH is 1. The first-order chi connectivity index (χ1) is 18.3. The summed E-state index contributed by atoms with van der Waals surface area (Å²) in [6, 6.07) is 18.4. The monoisotopic (exact) mass is 517 g/mol. The van der Waals surface area contributed by atoms with Gasteiger partial charge in [0.05, 0.1) is 24.8 Å². The predicted octanol–water partition coefficient (Wildman–Crippen LogP) is 4.75. The predicted molar refractivity (Wildman–Crippen MR) is 142 cm³/mol. The number of nitrogens with zero attached hydrogens (tertiary/aromatic N) is 1. The number of carbonyl (C=O) groups is 2. The lowest BCUT2D eigenvalue weighted by Crippen LogP contribution is -2.32. The molecule has 2 N–H and O–H groups in total. The molecular weight excluding hydrogens is 486 g/mol. The van der Waals surface area contributed by atoms with Crippen molar-refractivity contribution in [2.45, 2.75) is 26.5 Å². The standard InChI is InChI=1S/C30H31NO7/c1-4-37-25-17-22(10-13-24(25)32)27-26(29(34)30(35)31(27)14-15-36-3)28(33)21-8-11-23(12-9-21)38-18-20-7-5-6-19(2)16-20/h5-13,16-17,27,32-33H,4,14-15,18H2,1-3H3/b28-26-. The second-order valence-corrected chi connectivity index (χ2v) is 8.95. The molecule has 1 aliphatic rings. The number of carbonyl (C=O) groups excluding carboxylic acids is 2. The van der Waals surface area contributed by atoms with Gasteiger partial charge in [0.2, 0.25) is 0 Å². The molecule has 1 fully saturated rings. The third-order valence-electron chi connectivity index (χ3n) is 6.29. The summed E-state index contributed by atoms with van der Waals surface area (Å²) in [5.41, 5.74) is 3.01. The molecule has 1 aliphatic heterocycles. The van der Waals surface area contributed by atoms with E-state index >= 15 is 0 Å². The summed E-state index contributed by atoms with van der Waals surface area (Å²) in [5.74, 6) is -1.08. The van der Waals surface area contributed by atoms with E-state index in [9.17, 15) is 19.8 Å². The lowest BCUT2D eigenvalue weighted by Gasteiger charge is -2.25. The molecule has 198 valence electrons. The molecule has 0 spiro atoms. The molecular formula is C30H31NO7. The van der Waals surface area contributed by atoms with Crippen molar-refractivity contribution in [1.29, 1.82) is 0 Å². The van der Waals surface area contributed by atoms with Crippen molar-refractivity contribution < 1.29 is 34.0 Å². The van der Waals surface area contributed by atoms with Gasteiger partial charge in [-0.3, -0.25) is 9.59 Å². The van der Waals surface area contributed by atoms with Crippen molar-refractivity contribution >= 4 is 17.4 Å². The van der Waals surface area contributed by atoms with Crippen molar-refractivity contribution in [3.63, 3.8) is 0 Å². The Balaban J connectivity index is 1.67. The number of phenols is 1. The van der Waals surface area contributed by atoms with Gasteiger partial charge in [-0.05, 0) is 61.4 Å². The van der Waals surface area contributed by atoms with E-state index in [0.717, 1.165) is 11.1 Å². The number of aryl methyl sites for hydroxylation is 1. The van der Waals surface area contributed by atoms with E-state index < -0.39 is 17.7 Å². The molecule has 4 rings (SSSR count). The Hall–Kier alpha value is -4.30. The number of benzene rings is 3. The molecule has 0 aliphatic carbocycles. The largest absolute Gasteiger partial charge is 0.507 e. The number of methoxy groups -OCH3 is 1. The average molecular weight is 518 g/mol. The van der Waals surface area contributed by atoms with E-state index in [2.05, 4.69) is 0 Å². The average Bonchev–Trinajstić information content (AvgIpc) is 3.17. The van der Waals surface area contributed by atoms with Crippen LogP contribution in [-0.2, 0) is 20.9 Å². The topological polar surface area (TPSA) is 106 Å². The maximum atomic E-state index is 13.2. The van der Waals surface area contributed by atoms with Crippen molar-refractivity contribution in [2.75, 3.05) is 26.9 Å². The van der Waals surface area contributed by atoms with Crippen LogP contribution in [0, 0.1) is 6.92 Å². The van der Waals surface area contributed by atoms with Gasteiger partial charge >= 0.3 is 0 Å². The summed E-state index contributed by atoms with van der Waals surface area (Å²) >= 11 is 0. The van der Waals surface area contributed by atoms with E-state index in [1.54, 1.807) is 43.3 Å². The Morgan fingerprint density at radius 3 is 2.45 bits per heavy atom. The van der Waals surface area contributed by atoms with E-state index in [-0.39, 0.29) is 36.0 Å². The summed E-state index contributed by atoms with van der Waals surface area (Å²) < 4.78 is 16.5. The molecule has 1 atom stereocenters. The zero-order chi connectivity index (χ0) is 27.2. The molecule has 8 heteroatoms. The number of amides is 1. The molecule has 8 nitrogen and oxygen atoms in total. The van der Waals surface area contributed by atoms with Crippen molar-refractivity contribution in [3.05, 3.63) is 94.6 Å². The minimum absolute atomic E-state index is 0.0485. The number of aliphatic hydroxyl groups is 1. The summed E-state index contributed by atoms with van der Waals surface area (Å²) in [7, 11) is 1.50. The number of phenolic OH excluding ortho intramolecular Hbond substituents is 1. The Morgan fingerprint density at radius 1 is 1.00 bits per heavy atom. The lowest BCUT2D eigenvalue weighted by atomic mass is 9.95. The third kappa shape index (κ3) is 5.65. The molecule has 1 amide bonds. The molecule has 0 aromatic heterocycles. The molecule has 1 unspecified atom stereocenters. The van der Waals surface area contributed by atoms with Gasteiger partial charge in [0, 0.05) is 19.2 Å². The van der Waals surface area contributed by atoms with Crippen LogP contribution in [0.15, 0.2) is 72.3 Å². The van der Waals surface area contributed by atoms with Crippen LogP contribution in [0.4, 0.5) is 0 Å². The zero-order valence-electron chi connectivity index (χ0n) is 21.6. The van der Waals surface area contributed by atoms with Crippen LogP contribution in [0.3, 0.4) is 0 Å². The van der Waals surface area contributed by atoms with E-state index in [0.29, 0.717) is 30.1 Å². The summed E-state index contributed by atoms with van der Waals surface area (Å²) in [4.78, 5) is 27.5. The minimum atomic E-state index is -0.887. The van der Waals surface area contributed by atoms with E-state index in [4.69, 9.17) is 14.2 Å². The number of ketones is 1. The Morgan fingerprint density at radius 2 is 1.76 bits per heavy atom. The van der Waals surface area contributed by atoms with Gasteiger partial charge in [0.15, 0.2) is 11.5 Å². The molecule has 1 heterocycles. The molecule has 38 heavy (non-hydrogen) atoms. The van der Waals surface area contributed by atoms with Crippen LogP contribution in [0.25, 0.3) is 5.76 Å². The highest BCUT2D eigenvalue weighted by molar-refractivity contribution is 6.46. The Labute approximate surface area is 221 Å². The van der Waals surface area contributed by atoms with Crippen LogP contribution in [0.5, 0.6) is 17.2 Å². The number of Topliss-reactive ketones (excluding diaryl/α,β-unsaturated/α-hetero) is 1. The van der Waals surface area contributed by atoms with Gasteiger partial charge in [-0.2, -0.15) is 0 Å². The first kappa shape index (κ1) is 26.8. The first-order valence-corrected chi connectivity index (χ1v) is 12.4. The van der Waals surface area contributed by atoms with Gasteiger partial charge in [-0.25, -0.2) is 0 Å². The molecule has 0 radical (unpaired) electrons. The van der Waals surface area contributed by atoms with E-state index in [1.807, 2.05) is 31.2 Å². The fraction of sp³-hybridized carbons (Fsp3) is 0.267. The smallest absolute Gasteiger partial charge is 0.295 e. The fourth-order valence-corrected chi connectivity index (χ4v) is 4.45. The summed E-state index contributed by atoms with van der Waals surface area (Å²) in [6.45, 7) is 4.85. The normalized spacial score (nSPS) is 16.6. The minimum Gasteiger partial charge on any atom is -0.507 e. The number of likely N-dealkylation sites (tertiary alicyclic amines) is 1. The van der Waals surface area contributed by atoms with Crippen LogP contribution >= 0.6 is 0 Å². The second kappa shape index (κ2) is 11.8. The van der Waals surface area contributed by atoms with Gasteiger partial charge in [0.1, 0.15) is 18.1 Å². The lowest BCUT2D eigenvalue weighted by molar-refractivity contribution is -0.140. The number of hydrogen-bond donors (Lipinski definition) is 2. The van der Waals surface area contributed by atoms with Crippen LogP contribution in [0.2, 0.25) is 0 Å². The highest BCUT2D eigenvalue weighted by atomic mass is 16.5. The summed E-state index contributed by atoms with van der Waals surface area (Å²) in [5, 5.41) is 21.4. The maximum Gasteiger partial charge on any atom is 0.295 e. The van der Waals surface area contributed by atoms with Gasteiger partial charge in [0.25, 0.3) is 11.7 Å². The number of aromatic hydroxyl groups is 1. The van der Waals surface area contributed by atoms with E-state index in [1.165, 1.54) is 18.1 Å². The van der Waals surface area contributed by atoms with Gasteiger partial charge < -0.3 is 29.3 Å². The molecule has 1 saturated heterocycles. The first-order valence-electron chi connectivity index (χ1n) is 12.4. The van der Waals surface area contributed by atoms with Crippen LogP contribution in [-0.4, -0.2) is 53.7 Å². The highest BCUT2D eigenvalue weighted by Crippen LogP contribution is 2.41. The van der Waals surface area contributed by atoms with Crippen LogP contribution in [0.1, 0.15) is 35.2 Å². The van der Waals surface area contributed by atoms with Crippen molar-refractivity contribution in [3.8, 4) is 17.2 Å². The third-order valence-corrected chi connectivity index (χ3v) is 6.29. The van der Waals surface area contributed by atoms with Gasteiger partial charge in [-0.15, -0.1) is 0 Å². The number of ether oxygens (including phenoxy) is 3. The SMILES string of the molecule is CCOc1cc(C2/C(=C(/O)c3ccc(OCc4cccc(C)c4)cc3)C(=O)C(=O)N2CCOC)ccc1O. The molecule has 0 saturated carbocycles. The van der Waals surface area contributed by atoms with Crippen molar-refractivity contribution in [1.82, 2.24) is 4.90 Å². The van der Waals surface area contributed by atoms with Crippen LogP contribution < -0.4 is 9.47 Å². The number of rotatable bonds is 10. The fourth-order valence-electron chi connectivity index (χ4n) is 4.45. The quantitative estimate of drug-likeness (QED) is 0.227. The Bertz CT molecular complexity index is 1350. The highest BCUT2D eigenvalue weighted by Gasteiger charge is 2.46.